The molecule has 0 spiro atoms. The molecule has 2 rings (SSSR count). The molecule has 2 aromatic rings. The number of aryl methyl sites for hydroxylation is 1. The molecule has 0 radical (unpaired) electrons. The minimum Gasteiger partial charge on any atom is -0.473 e. The third-order valence-electron chi connectivity index (χ3n) is 2.47. The van der Waals surface area contributed by atoms with Crippen molar-refractivity contribution < 1.29 is 19.8 Å². The third-order valence-corrected chi connectivity index (χ3v) is 4.21. The SMILES string of the molecule is Clc1ccc(Cl)c(SCCc2ccncc2)c1.O=C(O)C(=O)O. The highest BCUT2D eigenvalue weighted by atomic mass is 35.5. The largest absolute Gasteiger partial charge is 0.473 e. The smallest absolute Gasteiger partial charge is 0.414 e. The predicted octanol–water partition coefficient (Wildman–Crippen LogP) is 3.88. The van der Waals surface area contributed by atoms with Crippen LogP contribution in [0, 0.1) is 0 Å². The van der Waals surface area contributed by atoms with Crippen molar-refractivity contribution in [3.63, 3.8) is 0 Å². The van der Waals surface area contributed by atoms with E-state index in [1.54, 1.807) is 17.8 Å². The molecule has 0 aliphatic rings. The van der Waals surface area contributed by atoms with E-state index < -0.39 is 11.9 Å². The lowest BCUT2D eigenvalue weighted by Crippen LogP contribution is -2.09. The zero-order chi connectivity index (χ0) is 17.2. The Morgan fingerprint density at radius 1 is 1.04 bits per heavy atom. The average Bonchev–Trinajstić information content (AvgIpc) is 2.52. The molecule has 0 unspecified atom stereocenters. The predicted molar refractivity (Wildman–Crippen MR) is 90.4 cm³/mol. The number of benzene rings is 1. The van der Waals surface area contributed by atoms with Crippen LogP contribution in [0.15, 0.2) is 47.6 Å². The van der Waals surface area contributed by atoms with Crippen LogP contribution in [-0.2, 0) is 16.0 Å². The lowest BCUT2D eigenvalue weighted by molar-refractivity contribution is -0.159. The number of carbonyl (C=O) groups is 2. The Morgan fingerprint density at radius 3 is 2.22 bits per heavy atom. The molecule has 0 amide bonds. The molecule has 1 heterocycles. The summed E-state index contributed by atoms with van der Waals surface area (Å²) in [4.78, 5) is 23.2. The average molecular weight is 374 g/mol. The Kier molecular flexibility index (Phi) is 8.47. The van der Waals surface area contributed by atoms with Gasteiger partial charge < -0.3 is 10.2 Å². The number of carboxylic acids is 2. The topological polar surface area (TPSA) is 87.5 Å². The lowest BCUT2D eigenvalue weighted by atomic mass is 10.2. The molecule has 0 bridgehead atoms. The van der Waals surface area contributed by atoms with Gasteiger partial charge in [-0.3, -0.25) is 4.98 Å². The Bertz CT molecular complexity index is 656. The summed E-state index contributed by atoms with van der Waals surface area (Å²) in [5.41, 5.74) is 1.28. The van der Waals surface area contributed by atoms with Gasteiger partial charge in [0.25, 0.3) is 0 Å². The van der Waals surface area contributed by atoms with E-state index in [2.05, 4.69) is 4.98 Å². The molecule has 2 N–H and O–H groups in total. The molecular formula is C15H13Cl2NO4S. The minimum atomic E-state index is -1.82. The first-order chi connectivity index (χ1) is 10.9. The van der Waals surface area contributed by atoms with Gasteiger partial charge in [-0.2, -0.15) is 0 Å². The Morgan fingerprint density at radius 2 is 1.65 bits per heavy atom. The highest BCUT2D eigenvalue weighted by Crippen LogP contribution is 2.30. The fourth-order valence-electron chi connectivity index (χ4n) is 1.42. The number of pyridine rings is 1. The van der Waals surface area contributed by atoms with Crippen LogP contribution in [0.3, 0.4) is 0 Å². The van der Waals surface area contributed by atoms with Crippen LogP contribution in [0.1, 0.15) is 5.56 Å². The van der Waals surface area contributed by atoms with Gasteiger partial charge in [-0.05, 0) is 42.3 Å². The van der Waals surface area contributed by atoms with Crippen molar-refractivity contribution in [1.82, 2.24) is 4.98 Å². The maximum absolute atomic E-state index is 9.10. The van der Waals surface area contributed by atoms with Crippen LogP contribution >= 0.6 is 35.0 Å². The molecule has 8 heteroatoms. The van der Waals surface area contributed by atoms with E-state index in [0.717, 1.165) is 27.1 Å². The fourth-order valence-corrected chi connectivity index (χ4v) is 2.91. The normalized spacial score (nSPS) is 9.65. The second-order valence-electron chi connectivity index (χ2n) is 4.14. The van der Waals surface area contributed by atoms with E-state index in [0.29, 0.717) is 0 Å². The van der Waals surface area contributed by atoms with E-state index in [-0.39, 0.29) is 0 Å². The van der Waals surface area contributed by atoms with Gasteiger partial charge in [0.1, 0.15) is 0 Å². The van der Waals surface area contributed by atoms with Crippen molar-refractivity contribution in [3.05, 3.63) is 58.3 Å². The highest BCUT2D eigenvalue weighted by Gasteiger charge is 2.04. The Labute approximate surface area is 147 Å². The zero-order valence-electron chi connectivity index (χ0n) is 11.8. The zero-order valence-corrected chi connectivity index (χ0v) is 14.1. The number of carboxylic acid groups (broad SMARTS) is 2. The van der Waals surface area contributed by atoms with E-state index in [1.807, 2.05) is 36.7 Å². The molecule has 0 fully saturated rings. The maximum atomic E-state index is 9.10. The number of thioether (sulfide) groups is 1. The van der Waals surface area contributed by atoms with Crippen LogP contribution in [0.4, 0.5) is 0 Å². The number of halogens is 2. The van der Waals surface area contributed by atoms with Gasteiger partial charge in [0.2, 0.25) is 0 Å². The summed E-state index contributed by atoms with van der Waals surface area (Å²) in [5.74, 6) is -2.67. The number of nitrogens with zero attached hydrogens (tertiary/aromatic N) is 1. The van der Waals surface area contributed by atoms with E-state index in [9.17, 15) is 0 Å². The summed E-state index contributed by atoms with van der Waals surface area (Å²) in [6.45, 7) is 0. The van der Waals surface area contributed by atoms with Gasteiger partial charge >= 0.3 is 11.9 Å². The van der Waals surface area contributed by atoms with Crippen molar-refractivity contribution in [2.24, 2.45) is 0 Å². The van der Waals surface area contributed by atoms with Gasteiger partial charge in [-0.1, -0.05) is 23.2 Å². The monoisotopic (exact) mass is 373 g/mol. The quantitative estimate of drug-likeness (QED) is 0.624. The minimum absolute atomic E-state index is 0.723. The first-order valence-corrected chi connectivity index (χ1v) is 8.07. The molecule has 0 saturated heterocycles. The molecule has 0 aliphatic carbocycles. The van der Waals surface area contributed by atoms with Gasteiger partial charge in [0.05, 0.1) is 5.02 Å². The van der Waals surface area contributed by atoms with Gasteiger partial charge in [0.15, 0.2) is 0 Å². The van der Waals surface area contributed by atoms with Crippen molar-refractivity contribution in [1.29, 1.82) is 0 Å². The standard InChI is InChI=1S/C13H11Cl2NS.C2H2O4/c14-11-1-2-12(15)13(9-11)17-8-5-10-3-6-16-7-4-10;3-1(4)2(5)6/h1-4,6-7,9H,5,8H2;(H,3,4)(H,5,6). The van der Waals surface area contributed by atoms with Crippen LogP contribution in [-0.4, -0.2) is 32.9 Å². The molecular weight excluding hydrogens is 361 g/mol. The maximum Gasteiger partial charge on any atom is 0.414 e. The number of aliphatic carboxylic acids is 2. The molecule has 0 saturated carbocycles. The highest BCUT2D eigenvalue weighted by molar-refractivity contribution is 7.99. The van der Waals surface area contributed by atoms with Crippen LogP contribution in [0.2, 0.25) is 10.0 Å². The van der Waals surface area contributed by atoms with Gasteiger partial charge in [-0.15, -0.1) is 11.8 Å². The van der Waals surface area contributed by atoms with Crippen molar-refractivity contribution in [2.45, 2.75) is 11.3 Å². The molecule has 1 aromatic carbocycles. The Balaban J connectivity index is 0.000000379. The van der Waals surface area contributed by atoms with Crippen LogP contribution in [0.25, 0.3) is 0 Å². The van der Waals surface area contributed by atoms with Crippen LogP contribution < -0.4 is 0 Å². The van der Waals surface area contributed by atoms with E-state index in [4.69, 9.17) is 43.0 Å². The molecule has 0 aliphatic heterocycles. The fraction of sp³-hybridized carbons (Fsp3) is 0.133. The second-order valence-corrected chi connectivity index (χ2v) is 6.12. The van der Waals surface area contributed by atoms with Crippen molar-refractivity contribution in [3.8, 4) is 0 Å². The summed E-state index contributed by atoms with van der Waals surface area (Å²) in [7, 11) is 0. The molecule has 0 atom stereocenters. The van der Waals surface area contributed by atoms with E-state index >= 15 is 0 Å². The number of aromatic nitrogens is 1. The van der Waals surface area contributed by atoms with Crippen molar-refractivity contribution in [2.75, 3.05) is 5.75 Å². The molecule has 5 nitrogen and oxygen atoms in total. The summed E-state index contributed by atoms with van der Waals surface area (Å²) in [6.07, 6.45) is 4.62. The van der Waals surface area contributed by atoms with Crippen LogP contribution in [0.5, 0.6) is 0 Å². The number of hydrogen-bond acceptors (Lipinski definition) is 4. The van der Waals surface area contributed by atoms with Gasteiger partial charge in [0, 0.05) is 28.1 Å². The third kappa shape index (κ3) is 7.88. The van der Waals surface area contributed by atoms with Crippen molar-refractivity contribution >= 4 is 46.9 Å². The Hall–Kier alpha value is -1.76. The summed E-state index contributed by atoms with van der Waals surface area (Å²) >= 11 is 13.7. The molecule has 122 valence electrons. The molecule has 1 aromatic heterocycles. The summed E-state index contributed by atoms with van der Waals surface area (Å²) in [6, 6.07) is 9.59. The van der Waals surface area contributed by atoms with E-state index in [1.165, 1.54) is 5.56 Å². The first-order valence-electron chi connectivity index (χ1n) is 6.33. The van der Waals surface area contributed by atoms with Gasteiger partial charge in [-0.25, -0.2) is 9.59 Å². The molecule has 23 heavy (non-hydrogen) atoms. The number of hydrogen-bond donors (Lipinski definition) is 2. The second kappa shape index (κ2) is 10.1. The summed E-state index contributed by atoms with van der Waals surface area (Å²) < 4.78 is 0. The number of rotatable bonds is 4. The lowest BCUT2D eigenvalue weighted by Gasteiger charge is -2.04. The summed E-state index contributed by atoms with van der Waals surface area (Å²) in [5, 5.41) is 16.3. The first kappa shape index (κ1) is 19.3.